The minimum Gasteiger partial charge on any atom is -0.454 e. The molecule has 10 heteroatoms. The average Bonchev–Trinajstić information content (AvgIpc) is 3.54. The summed E-state index contributed by atoms with van der Waals surface area (Å²) in [6.07, 6.45) is 2.55. The first-order valence-electron chi connectivity index (χ1n) is 10.6. The molecule has 1 aliphatic heterocycles. The lowest BCUT2D eigenvalue weighted by Crippen LogP contribution is -2.24. The van der Waals surface area contributed by atoms with Crippen molar-refractivity contribution >= 4 is 33.2 Å². The third-order valence-electron chi connectivity index (χ3n) is 5.52. The lowest BCUT2D eigenvalue weighted by atomic mass is 10.2. The van der Waals surface area contributed by atoms with Gasteiger partial charge in [-0.3, -0.25) is 18.6 Å². The van der Waals surface area contributed by atoms with Crippen molar-refractivity contribution in [2.75, 3.05) is 6.79 Å². The van der Waals surface area contributed by atoms with Gasteiger partial charge in [-0.15, -0.1) is 21.5 Å². The van der Waals surface area contributed by atoms with E-state index in [1.165, 1.54) is 11.3 Å². The van der Waals surface area contributed by atoms with E-state index in [0.29, 0.717) is 41.6 Å². The van der Waals surface area contributed by atoms with E-state index in [-0.39, 0.29) is 24.7 Å². The van der Waals surface area contributed by atoms with E-state index in [1.54, 1.807) is 4.57 Å². The highest BCUT2D eigenvalue weighted by Gasteiger charge is 2.18. The van der Waals surface area contributed by atoms with Crippen LogP contribution in [-0.2, 0) is 24.3 Å². The maximum atomic E-state index is 12.9. The number of aromatic nitrogens is 4. The third-order valence-corrected chi connectivity index (χ3v) is 6.41. The predicted molar refractivity (Wildman–Crippen MR) is 120 cm³/mol. The number of benzene rings is 1. The zero-order chi connectivity index (χ0) is 22.1. The van der Waals surface area contributed by atoms with Gasteiger partial charge in [0.25, 0.3) is 5.56 Å². The van der Waals surface area contributed by atoms with Crippen LogP contribution >= 0.6 is 11.3 Å². The molecule has 1 aliphatic rings. The van der Waals surface area contributed by atoms with Gasteiger partial charge < -0.3 is 14.8 Å². The molecule has 0 radical (unpaired) electrons. The van der Waals surface area contributed by atoms with Crippen molar-refractivity contribution < 1.29 is 14.3 Å². The Balaban J connectivity index is 1.31. The first kappa shape index (κ1) is 20.5. The third kappa shape index (κ3) is 3.70. The van der Waals surface area contributed by atoms with E-state index >= 15 is 0 Å². The Bertz CT molecular complexity index is 1360. The van der Waals surface area contributed by atoms with Gasteiger partial charge in [-0.1, -0.05) is 19.4 Å². The molecule has 5 rings (SSSR count). The Morgan fingerprint density at radius 3 is 2.97 bits per heavy atom. The van der Waals surface area contributed by atoms with Crippen LogP contribution in [0.15, 0.2) is 34.4 Å². The van der Waals surface area contributed by atoms with Crippen LogP contribution in [-0.4, -0.2) is 31.9 Å². The van der Waals surface area contributed by atoms with Gasteiger partial charge in [-0.25, -0.2) is 0 Å². The van der Waals surface area contributed by atoms with Crippen LogP contribution < -0.4 is 20.3 Å². The summed E-state index contributed by atoms with van der Waals surface area (Å²) in [6, 6.07) is 7.53. The van der Waals surface area contributed by atoms with Gasteiger partial charge in [-0.05, 0) is 35.6 Å². The summed E-state index contributed by atoms with van der Waals surface area (Å²) in [6.45, 7) is 3.31. The minimum atomic E-state index is -0.0831. The zero-order valence-electron chi connectivity index (χ0n) is 17.7. The molecule has 0 fully saturated rings. The summed E-state index contributed by atoms with van der Waals surface area (Å²) in [5, 5.41) is 13.4. The smallest absolute Gasteiger partial charge is 0.272 e. The number of unbranched alkanes of at least 4 members (excludes halogenated alkanes) is 1. The molecular weight excluding hydrogens is 430 g/mol. The van der Waals surface area contributed by atoms with E-state index in [0.717, 1.165) is 29.7 Å². The molecule has 3 aromatic heterocycles. The number of nitrogens with one attached hydrogen (secondary N) is 1. The number of hydrogen-bond donors (Lipinski definition) is 1. The van der Waals surface area contributed by atoms with Crippen LogP contribution in [0.25, 0.3) is 16.0 Å². The molecule has 0 saturated carbocycles. The zero-order valence-corrected chi connectivity index (χ0v) is 18.5. The number of ether oxygens (including phenoxy) is 2. The number of hydrogen-bond acceptors (Lipinski definition) is 7. The van der Waals surface area contributed by atoms with Crippen LogP contribution in [0.2, 0.25) is 0 Å². The highest BCUT2D eigenvalue weighted by Crippen LogP contribution is 2.32. The van der Waals surface area contributed by atoms with Crippen LogP contribution in [0, 0.1) is 0 Å². The topological polar surface area (TPSA) is 99.8 Å². The fraction of sp³-hybridized carbons (Fsp3) is 0.364. The maximum Gasteiger partial charge on any atom is 0.272 e. The summed E-state index contributed by atoms with van der Waals surface area (Å²) < 4.78 is 15.0. The number of amides is 1. The number of fused-ring (bicyclic) bond motifs is 4. The van der Waals surface area contributed by atoms with Crippen molar-refractivity contribution in [2.24, 2.45) is 0 Å². The van der Waals surface area contributed by atoms with Crippen molar-refractivity contribution in [1.82, 2.24) is 24.5 Å². The van der Waals surface area contributed by atoms with Gasteiger partial charge in [0.15, 0.2) is 11.5 Å². The van der Waals surface area contributed by atoms with Crippen LogP contribution in [0.5, 0.6) is 11.5 Å². The predicted octanol–water partition coefficient (Wildman–Crippen LogP) is 2.88. The Morgan fingerprint density at radius 1 is 1.22 bits per heavy atom. The molecule has 4 aromatic rings. The summed E-state index contributed by atoms with van der Waals surface area (Å²) in [5.74, 6) is 2.54. The minimum absolute atomic E-state index is 0.0311. The first-order valence-corrected chi connectivity index (χ1v) is 11.5. The fourth-order valence-corrected chi connectivity index (χ4v) is 4.65. The molecular formula is C22H23N5O4S. The van der Waals surface area contributed by atoms with Crippen LogP contribution in [0.3, 0.4) is 0 Å². The summed E-state index contributed by atoms with van der Waals surface area (Å²) in [7, 11) is 0. The molecule has 0 saturated heterocycles. The van der Waals surface area contributed by atoms with Gasteiger partial charge >= 0.3 is 0 Å². The van der Waals surface area contributed by atoms with E-state index in [1.807, 2.05) is 34.0 Å². The Morgan fingerprint density at radius 2 is 2.09 bits per heavy atom. The van der Waals surface area contributed by atoms with Crippen molar-refractivity contribution in [3.05, 3.63) is 51.4 Å². The van der Waals surface area contributed by atoms with E-state index < -0.39 is 0 Å². The highest BCUT2D eigenvalue weighted by atomic mass is 32.1. The number of aryl methyl sites for hydroxylation is 2. The number of carbonyl (C=O) groups is 1. The summed E-state index contributed by atoms with van der Waals surface area (Å²) in [4.78, 5) is 25.4. The number of nitrogens with zero attached hydrogens (tertiary/aromatic N) is 4. The van der Waals surface area contributed by atoms with E-state index in [2.05, 4.69) is 22.4 Å². The summed E-state index contributed by atoms with van der Waals surface area (Å²) >= 11 is 1.42. The molecule has 1 amide bonds. The standard InChI is InChI=1S/C22H23N5O4S/c1-2-3-9-26-21(29)20-15(8-10-32-20)27-18(24-25-22(26)27)6-7-19(28)23-12-14-4-5-16-17(11-14)31-13-30-16/h4-5,8,10-11H,2-3,6-7,9,12-13H2,1H3,(H,23,28). The van der Waals surface area contributed by atoms with Crippen molar-refractivity contribution in [1.29, 1.82) is 0 Å². The highest BCUT2D eigenvalue weighted by molar-refractivity contribution is 7.17. The molecule has 0 unspecified atom stereocenters. The second-order valence-electron chi connectivity index (χ2n) is 7.66. The second kappa shape index (κ2) is 8.62. The lowest BCUT2D eigenvalue weighted by molar-refractivity contribution is -0.121. The Labute approximate surface area is 187 Å². The molecule has 32 heavy (non-hydrogen) atoms. The molecule has 1 N–H and O–H groups in total. The normalized spacial score (nSPS) is 12.7. The maximum absolute atomic E-state index is 12.9. The van der Waals surface area contributed by atoms with Crippen molar-refractivity contribution in [3.8, 4) is 11.5 Å². The number of carbonyl (C=O) groups excluding carboxylic acids is 1. The Kier molecular flexibility index (Phi) is 5.52. The molecule has 0 atom stereocenters. The van der Waals surface area contributed by atoms with Gasteiger partial charge in [-0.2, -0.15) is 0 Å². The monoisotopic (exact) mass is 453 g/mol. The molecule has 0 aliphatic carbocycles. The first-order chi connectivity index (χ1) is 15.7. The Hall–Kier alpha value is -3.40. The van der Waals surface area contributed by atoms with E-state index in [4.69, 9.17) is 9.47 Å². The largest absolute Gasteiger partial charge is 0.454 e. The molecule has 4 heterocycles. The molecule has 1 aromatic carbocycles. The van der Waals surface area contributed by atoms with Gasteiger partial charge in [0.2, 0.25) is 18.5 Å². The quantitative estimate of drug-likeness (QED) is 0.440. The summed E-state index contributed by atoms with van der Waals surface area (Å²) in [5.41, 5.74) is 1.70. The van der Waals surface area contributed by atoms with Gasteiger partial charge in [0.05, 0.1) is 5.52 Å². The van der Waals surface area contributed by atoms with Crippen LogP contribution in [0.1, 0.15) is 37.6 Å². The average molecular weight is 454 g/mol. The van der Waals surface area contributed by atoms with Crippen LogP contribution in [0.4, 0.5) is 0 Å². The number of thiophene rings is 1. The SMILES string of the molecule is CCCCn1c(=O)c2sccc2n2c(CCC(=O)NCc3ccc4c(c3)OCO4)nnc12. The lowest BCUT2D eigenvalue weighted by Gasteiger charge is -2.09. The van der Waals surface area contributed by atoms with Gasteiger partial charge in [0.1, 0.15) is 10.5 Å². The number of rotatable bonds is 8. The van der Waals surface area contributed by atoms with Gasteiger partial charge in [0, 0.05) is 25.9 Å². The van der Waals surface area contributed by atoms with E-state index in [9.17, 15) is 9.59 Å². The van der Waals surface area contributed by atoms with Crippen molar-refractivity contribution in [3.63, 3.8) is 0 Å². The fourth-order valence-electron chi connectivity index (χ4n) is 3.83. The molecule has 9 nitrogen and oxygen atoms in total. The second-order valence-corrected chi connectivity index (χ2v) is 8.58. The molecule has 166 valence electrons. The molecule has 0 spiro atoms. The van der Waals surface area contributed by atoms with Crippen molar-refractivity contribution in [2.45, 2.75) is 45.7 Å². The molecule has 0 bridgehead atoms.